The average Bonchev–Trinajstić information content (AvgIpc) is 2.88. The second-order valence-electron chi connectivity index (χ2n) is 3.45. The molecule has 4 aromatic rings. The number of nitrogens with zero attached hydrogens (tertiary/aromatic N) is 6. The lowest BCUT2D eigenvalue weighted by molar-refractivity contribution is 0.741. The molecule has 3 heterocycles. The first kappa shape index (κ1) is 7.69. The lowest BCUT2D eigenvalue weighted by Gasteiger charge is -1.89. The number of benzene rings is 1. The third kappa shape index (κ3) is 0.842. The molecule has 0 radical (unpaired) electrons. The zero-order chi connectivity index (χ0) is 10.5. The molecule has 1 N–H and O–H groups in total. The highest BCUT2D eigenvalue weighted by molar-refractivity contribution is 6.03. The highest BCUT2D eigenvalue weighted by Crippen LogP contribution is 2.21. The molecule has 0 unspecified atom stereocenters. The molecule has 0 spiro atoms. The quantitative estimate of drug-likeness (QED) is 0.459. The van der Waals surface area contributed by atoms with Crippen LogP contribution < -0.4 is 0 Å². The third-order valence-electron chi connectivity index (χ3n) is 2.50. The summed E-state index contributed by atoms with van der Waals surface area (Å²) in [6, 6.07) is 7.88. The maximum absolute atomic E-state index is 4.31. The Morgan fingerprint density at radius 1 is 1.19 bits per heavy atom. The van der Waals surface area contributed by atoms with E-state index in [1.807, 2.05) is 24.3 Å². The predicted octanol–water partition coefficient (Wildman–Crippen LogP) is 0.549. The van der Waals surface area contributed by atoms with E-state index < -0.39 is 0 Å². The van der Waals surface area contributed by atoms with E-state index in [9.17, 15) is 0 Å². The van der Waals surface area contributed by atoms with Gasteiger partial charge in [0.15, 0.2) is 5.65 Å². The Hall–Kier alpha value is -2.57. The molecule has 7 heteroatoms. The number of fused-ring (bicyclic) bond motifs is 4. The van der Waals surface area contributed by atoms with Crippen LogP contribution in [0.2, 0.25) is 0 Å². The van der Waals surface area contributed by atoms with Crippen molar-refractivity contribution in [3.8, 4) is 0 Å². The number of rotatable bonds is 0. The van der Waals surface area contributed by atoms with Crippen molar-refractivity contribution >= 4 is 27.8 Å². The van der Waals surface area contributed by atoms with E-state index in [1.165, 1.54) is 4.63 Å². The van der Waals surface area contributed by atoms with Crippen molar-refractivity contribution in [2.24, 2.45) is 0 Å². The van der Waals surface area contributed by atoms with Crippen LogP contribution in [0.15, 0.2) is 24.3 Å². The Balaban J connectivity index is 2.32. The smallest absolute Gasteiger partial charge is 0.293 e. The standard InChI is InChI=1S/C9H5N7/c1-2-4-6-5(3-1)7-8(10-6)11-9-12-14-15-16(9)13-7/h1-4H,(H,10,11,12,15). The third-order valence-corrected chi connectivity index (χ3v) is 2.50. The lowest BCUT2D eigenvalue weighted by atomic mass is 10.2. The van der Waals surface area contributed by atoms with Gasteiger partial charge in [-0.3, -0.25) is 0 Å². The van der Waals surface area contributed by atoms with Gasteiger partial charge in [0, 0.05) is 10.9 Å². The largest absolute Gasteiger partial charge is 0.338 e. The Labute approximate surface area is 88.1 Å². The first-order chi connectivity index (χ1) is 7.92. The van der Waals surface area contributed by atoms with Gasteiger partial charge in [-0.25, -0.2) is 0 Å². The first-order valence-corrected chi connectivity index (χ1v) is 4.75. The fourth-order valence-electron chi connectivity index (χ4n) is 1.80. The number of tetrazole rings is 1. The maximum Gasteiger partial charge on any atom is 0.293 e. The van der Waals surface area contributed by atoms with Gasteiger partial charge in [-0.05, 0) is 16.5 Å². The Bertz CT molecular complexity index is 812. The molecule has 0 atom stereocenters. The van der Waals surface area contributed by atoms with Crippen molar-refractivity contribution in [2.75, 3.05) is 0 Å². The Morgan fingerprint density at radius 3 is 3.12 bits per heavy atom. The van der Waals surface area contributed by atoms with Gasteiger partial charge in [0.05, 0.1) is 0 Å². The molecule has 0 amide bonds. The highest BCUT2D eigenvalue weighted by atomic mass is 15.6. The Kier molecular flexibility index (Phi) is 1.21. The van der Waals surface area contributed by atoms with Crippen molar-refractivity contribution in [3.63, 3.8) is 0 Å². The van der Waals surface area contributed by atoms with Gasteiger partial charge in [-0.2, -0.15) is 4.98 Å². The molecule has 0 bridgehead atoms. The second-order valence-corrected chi connectivity index (χ2v) is 3.45. The zero-order valence-corrected chi connectivity index (χ0v) is 7.99. The SMILES string of the molecule is c1ccc2c(c1)[nH]c1nc3nnnn3nc12. The van der Waals surface area contributed by atoms with Crippen LogP contribution in [0, 0.1) is 0 Å². The molecule has 1 aromatic carbocycles. The normalized spacial score (nSPS) is 11.8. The number of nitrogens with one attached hydrogen (secondary N) is 1. The van der Waals surface area contributed by atoms with Gasteiger partial charge >= 0.3 is 0 Å². The molecule has 0 aliphatic carbocycles. The molecule has 3 aromatic heterocycles. The van der Waals surface area contributed by atoms with Crippen LogP contribution in [-0.2, 0) is 0 Å². The minimum atomic E-state index is 0.388. The number of H-pyrrole nitrogens is 1. The van der Waals surface area contributed by atoms with Crippen LogP contribution in [-0.4, -0.2) is 35.2 Å². The monoisotopic (exact) mass is 211 g/mol. The summed E-state index contributed by atoms with van der Waals surface area (Å²) >= 11 is 0. The topological polar surface area (TPSA) is 84.6 Å². The highest BCUT2D eigenvalue weighted by Gasteiger charge is 2.09. The summed E-state index contributed by atoms with van der Waals surface area (Å²) in [5, 5.41) is 16.3. The fourth-order valence-corrected chi connectivity index (χ4v) is 1.80. The summed E-state index contributed by atoms with van der Waals surface area (Å²) in [6.07, 6.45) is 0. The van der Waals surface area contributed by atoms with Crippen molar-refractivity contribution in [2.45, 2.75) is 0 Å². The summed E-state index contributed by atoms with van der Waals surface area (Å²) in [4.78, 5) is 7.46. The summed E-state index contributed by atoms with van der Waals surface area (Å²) < 4.78 is 1.32. The summed E-state index contributed by atoms with van der Waals surface area (Å²) in [5.41, 5.74) is 2.47. The van der Waals surface area contributed by atoms with E-state index in [0.29, 0.717) is 11.4 Å². The fraction of sp³-hybridized carbons (Fsp3) is 0. The van der Waals surface area contributed by atoms with Crippen LogP contribution in [0.4, 0.5) is 0 Å². The van der Waals surface area contributed by atoms with Crippen LogP contribution >= 0.6 is 0 Å². The minimum Gasteiger partial charge on any atom is -0.338 e. The molecule has 0 aliphatic heterocycles. The van der Waals surface area contributed by atoms with Crippen LogP contribution in [0.25, 0.3) is 27.8 Å². The summed E-state index contributed by atoms with van der Waals surface area (Å²) in [5.74, 6) is 0.388. The zero-order valence-electron chi connectivity index (χ0n) is 7.99. The van der Waals surface area contributed by atoms with Gasteiger partial charge in [-0.1, -0.05) is 27.9 Å². The Morgan fingerprint density at radius 2 is 2.12 bits per heavy atom. The van der Waals surface area contributed by atoms with Crippen molar-refractivity contribution in [3.05, 3.63) is 24.3 Å². The first-order valence-electron chi connectivity index (χ1n) is 4.75. The molecule has 16 heavy (non-hydrogen) atoms. The molecule has 0 aliphatic rings. The van der Waals surface area contributed by atoms with Crippen LogP contribution in [0.5, 0.6) is 0 Å². The number of aromatic amines is 1. The molecule has 76 valence electrons. The average molecular weight is 211 g/mol. The minimum absolute atomic E-state index is 0.388. The summed E-state index contributed by atoms with van der Waals surface area (Å²) in [6.45, 7) is 0. The number of hydrogen-bond acceptors (Lipinski definition) is 5. The number of hydrogen-bond donors (Lipinski definition) is 1. The van der Waals surface area contributed by atoms with E-state index in [-0.39, 0.29) is 0 Å². The molecule has 4 rings (SSSR count). The predicted molar refractivity (Wildman–Crippen MR) is 55.7 cm³/mol. The van der Waals surface area contributed by atoms with Gasteiger partial charge < -0.3 is 4.98 Å². The molecule has 0 saturated heterocycles. The van der Waals surface area contributed by atoms with E-state index in [2.05, 4.69) is 30.6 Å². The van der Waals surface area contributed by atoms with Crippen LogP contribution in [0.3, 0.4) is 0 Å². The number of aromatic nitrogens is 7. The van der Waals surface area contributed by atoms with Crippen molar-refractivity contribution in [1.82, 2.24) is 35.2 Å². The van der Waals surface area contributed by atoms with Crippen molar-refractivity contribution < 1.29 is 0 Å². The molecule has 0 saturated carbocycles. The van der Waals surface area contributed by atoms with E-state index in [4.69, 9.17) is 0 Å². The molecular formula is C9H5N7. The maximum atomic E-state index is 4.31. The molecule has 0 fully saturated rings. The van der Waals surface area contributed by atoms with Crippen LogP contribution in [0.1, 0.15) is 0 Å². The molecule has 7 nitrogen and oxygen atoms in total. The van der Waals surface area contributed by atoms with Gasteiger partial charge in [0.1, 0.15) is 5.52 Å². The summed E-state index contributed by atoms with van der Waals surface area (Å²) in [7, 11) is 0. The number of para-hydroxylation sites is 1. The van der Waals surface area contributed by atoms with E-state index >= 15 is 0 Å². The van der Waals surface area contributed by atoms with E-state index in [1.54, 1.807) is 0 Å². The van der Waals surface area contributed by atoms with Gasteiger partial charge in [0.25, 0.3) is 5.78 Å². The molecular weight excluding hydrogens is 206 g/mol. The van der Waals surface area contributed by atoms with Gasteiger partial charge in [-0.15, -0.1) is 5.10 Å². The van der Waals surface area contributed by atoms with Crippen molar-refractivity contribution in [1.29, 1.82) is 0 Å². The van der Waals surface area contributed by atoms with Gasteiger partial charge in [0.2, 0.25) is 0 Å². The van der Waals surface area contributed by atoms with E-state index in [0.717, 1.165) is 16.4 Å². The lowest BCUT2D eigenvalue weighted by Crippen LogP contribution is -1.96. The second kappa shape index (κ2) is 2.51.